The van der Waals surface area contributed by atoms with Crippen LogP contribution in [0.5, 0.6) is 17.2 Å². The fourth-order valence-corrected chi connectivity index (χ4v) is 3.53. The molecule has 0 aliphatic carbocycles. The largest absolute Gasteiger partial charge is 0.507 e. The number of hydrogen-bond donors (Lipinski definition) is 2. The van der Waals surface area contributed by atoms with E-state index in [1.54, 1.807) is 62.6 Å². The number of esters is 1. The van der Waals surface area contributed by atoms with Gasteiger partial charge in [-0.15, -0.1) is 0 Å². The van der Waals surface area contributed by atoms with Crippen LogP contribution in [-0.2, 0) is 14.3 Å². The summed E-state index contributed by atoms with van der Waals surface area (Å²) in [7, 11) is 1.55. The second-order valence-electron chi connectivity index (χ2n) is 8.33. The van der Waals surface area contributed by atoms with E-state index in [1.165, 1.54) is 18.2 Å². The first-order valence-electron chi connectivity index (χ1n) is 11.3. The Morgan fingerprint density at radius 3 is 2.40 bits per heavy atom. The zero-order valence-corrected chi connectivity index (χ0v) is 20.2. The Hall–Kier alpha value is -3.68. The SMILES string of the molecule is CO[C@@H](C)[C@H](/C=C/C=C/c1cccc(O)c1C(=O)Oc1ccccc1O)C(=O)/C(C)=C/[C@H]1O[C@@H]1C. The molecule has 7 nitrogen and oxygen atoms in total. The van der Waals surface area contributed by atoms with Crippen LogP contribution in [0, 0.1) is 5.92 Å². The molecule has 0 amide bonds. The molecule has 3 rings (SSSR count). The number of ketones is 1. The number of para-hydroxylation sites is 2. The van der Waals surface area contributed by atoms with Gasteiger partial charge in [0.05, 0.1) is 18.1 Å². The molecule has 0 radical (unpaired) electrons. The zero-order valence-electron chi connectivity index (χ0n) is 20.2. The van der Waals surface area contributed by atoms with Crippen molar-refractivity contribution in [3.05, 3.63) is 83.5 Å². The van der Waals surface area contributed by atoms with Crippen LogP contribution >= 0.6 is 0 Å². The van der Waals surface area contributed by atoms with Gasteiger partial charge in [-0.05, 0) is 56.2 Å². The monoisotopic (exact) mass is 478 g/mol. The first kappa shape index (κ1) is 25.9. The maximum Gasteiger partial charge on any atom is 0.348 e. The highest BCUT2D eigenvalue weighted by molar-refractivity contribution is 5.99. The van der Waals surface area contributed by atoms with Crippen LogP contribution in [0.3, 0.4) is 0 Å². The summed E-state index contributed by atoms with van der Waals surface area (Å²) in [6.07, 6.45) is 8.32. The summed E-state index contributed by atoms with van der Waals surface area (Å²) < 4.78 is 16.0. The Bertz CT molecular complexity index is 1160. The van der Waals surface area contributed by atoms with Crippen LogP contribution in [0.1, 0.15) is 36.7 Å². The molecule has 2 aromatic rings. The minimum Gasteiger partial charge on any atom is -0.507 e. The number of allylic oxidation sites excluding steroid dienone is 3. The molecule has 2 N–H and O–H groups in total. The number of Topliss-reactive ketones (excluding diaryl/α,β-unsaturated/α-hetero) is 1. The maximum atomic E-state index is 13.0. The lowest BCUT2D eigenvalue weighted by molar-refractivity contribution is -0.121. The Morgan fingerprint density at radius 1 is 1.06 bits per heavy atom. The average molecular weight is 479 g/mol. The first-order valence-corrected chi connectivity index (χ1v) is 11.3. The molecular formula is C28H30O7. The zero-order chi connectivity index (χ0) is 25.5. The van der Waals surface area contributed by atoms with E-state index in [4.69, 9.17) is 14.2 Å². The average Bonchev–Trinajstić information content (AvgIpc) is 3.53. The van der Waals surface area contributed by atoms with Crippen molar-refractivity contribution in [3.63, 3.8) is 0 Å². The summed E-state index contributed by atoms with van der Waals surface area (Å²) in [4.78, 5) is 25.7. The van der Waals surface area contributed by atoms with Crippen molar-refractivity contribution in [3.8, 4) is 17.2 Å². The van der Waals surface area contributed by atoms with Gasteiger partial charge >= 0.3 is 5.97 Å². The van der Waals surface area contributed by atoms with Crippen molar-refractivity contribution in [2.24, 2.45) is 5.92 Å². The summed E-state index contributed by atoms with van der Waals surface area (Å²) >= 11 is 0. The van der Waals surface area contributed by atoms with Crippen molar-refractivity contribution in [2.45, 2.75) is 39.1 Å². The fourth-order valence-electron chi connectivity index (χ4n) is 3.53. The Morgan fingerprint density at radius 2 is 1.74 bits per heavy atom. The number of carbonyl (C=O) groups excluding carboxylic acids is 2. The molecule has 1 aliphatic heterocycles. The molecular weight excluding hydrogens is 448 g/mol. The first-order chi connectivity index (χ1) is 16.7. The standard InChI is InChI=1S/C28H30O7/c1-17(16-25-19(3)34-25)27(31)21(18(2)33-4)12-6-5-10-20-11-9-14-23(30)26(20)28(32)35-24-15-8-7-13-22(24)29/h5-16,18-19,21,25,29-30H,1-4H3/b10-5+,12-6+,17-16+/t18-,19+,21-,25+/m0/s1. The summed E-state index contributed by atoms with van der Waals surface area (Å²) in [6.45, 7) is 5.54. The van der Waals surface area contributed by atoms with Gasteiger partial charge in [0.25, 0.3) is 0 Å². The lowest BCUT2D eigenvalue weighted by Gasteiger charge is -2.18. The lowest BCUT2D eigenvalue weighted by Crippen LogP contribution is -2.26. The molecule has 184 valence electrons. The summed E-state index contributed by atoms with van der Waals surface area (Å²) in [5.74, 6) is -1.84. The van der Waals surface area contributed by atoms with Gasteiger partial charge in [-0.25, -0.2) is 4.79 Å². The number of carbonyl (C=O) groups is 2. The summed E-state index contributed by atoms with van der Waals surface area (Å²) in [5, 5.41) is 20.2. The molecule has 4 atom stereocenters. The molecule has 1 aliphatic rings. The molecule has 0 bridgehead atoms. The highest BCUT2D eigenvalue weighted by Crippen LogP contribution is 2.29. The molecule has 0 saturated carbocycles. The highest BCUT2D eigenvalue weighted by atomic mass is 16.6. The van der Waals surface area contributed by atoms with Crippen LogP contribution in [0.15, 0.2) is 72.3 Å². The second-order valence-corrected chi connectivity index (χ2v) is 8.33. The smallest absolute Gasteiger partial charge is 0.348 e. The molecule has 1 fully saturated rings. The molecule has 2 aromatic carbocycles. The Balaban J connectivity index is 1.78. The van der Waals surface area contributed by atoms with Crippen molar-refractivity contribution >= 4 is 17.8 Å². The van der Waals surface area contributed by atoms with Crippen LogP contribution in [-0.4, -0.2) is 47.4 Å². The number of hydrogen-bond acceptors (Lipinski definition) is 7. The molecule has 0 spiro atoms. The molecule has 0 unspecified atom stereocenters. The van der Waals surface area contributed by atoms with Gasteiger partial charge in [0.15, 0.2) is 17.3 Å². The third-order valence-corrected chi connectivity index (χ3v) is 5.79. The number of rotatable bonds is 10. The van der Waals surface area contributed by atoms with Crippen molar-refractivity contribution < 1.29 is 34.0 Å². The molecule has 7 heteroatoms. The molecule has 1 heterocycles. The topological polar surface area (TPSA) is 106 Å². The molecule has 1 saturated heterocycles. The van der Waals surface area contributed by atoms with E-state index in [0.717, 1.165) is 0 Å². The van der Waals surface area contributed by atoms with E-state index in [0.29, 0.717) is 11.1 Å². The lowest BCUT2D eigenvalue weighted by atomic mass is 9.92. The van der Waals surface area contributed by atoms with E-state index in [-0.39, 0.29) is 46.9 Å². The number of phenols is 2. The van der Waals surface area contributed by atoms with Crippen molar-refractivity contribution in [2.75, 3.05) is 7.11 Å². The quantitative estimate of drug-likeness (QED) is 0.165. The third kappa shape index (κ3) is 6.68. The Kier molecular flexibility index (Phi) is 8.63. The van der Waals surface area contributed by atoms with E-state index in [2.05, 4.69) is 0 Å². The van der Waals surface area contributed by atoms with E-state index in [1.807, 2.05) is 19.9 Å². The minimum absolute atomic E-state index is 0.0140. The van der Waals surface area contributed by atoms with Gasteiger partial charge in [0.2, 0.25) is 0 Å². The van der Waals surface area contributed by atoms with Crippen molar-refractivity contribution in [1.29, 1.82) is 0 Å². The predicted octanol–water partition coefficient (Wildman–Crippen LogP) is 4.84. The number of epoxide rings is 1. The number of benzene rings is 2. The van der Waals surface area contributed by atoms with Crippen LogP contribution < -0.4 is 4.74 Å². The summed E-state index contributed by atoms with van der Waals surface area (Å²) in [6, 6.07) is 10.7. The maximum absolute atomic E-state index is 13.0. The molecule has 0 aromatic heterocycles. The summed E-state index contributed by atoms with van der Waals surface area (Å²) in [5.41, 5.74) is 0.980. The second kappa shape index (κ2) is 11.6. The van der Waals surface area contributed by atoms with Crippen molar-refractivity contribution in [1.82, 2.24) is 0 Å². The van der Waals surface area contributed by atoms with Gasteiger partial charge in [0, 0.05) is 7.11 Å². The van der Waals surface area contributed by atoms with E-state index < -0.39 is 11.9 Å². The number of aromatic hydroxyl groups is 2. The van der Waals surface area contributed by atoms with Crippen LogP contribution in [0.25, 0.3) is 6.08 Å². The highest BCUT2D eigenvalue weighted by Gasteiger charge is 2.33. The van der Waals surface area contributed by atoms with E-state index in [9.17, 15) is 19.8 Å². The number of phenolic OH excluding ortho intramolecular Hbond substituents is 2. The van der Waals surface area contributed by atoms with E-state index >= 15 is 0 Å². The number of ether oxygens (including phenoxy) is 3. The minimum atomic E-state index is -0.813. The number of methoxy groups -OCH3 is 1. The van der Waals surface area contributed by atoms with Gasteiger partial charge in [-0.3, -0.25) is 4.79 Å². The van der Waals surface area contributed by atoms with Gasteiger partial charge in [0.1, 0.15) is 17.4 Å². The third-order valence-electron chi connectivity index (χ3n) is 5.79. The van der Waals surface area contributed by atoms with Gasteiger partial charge < -0.3 is 24.4 Å². The predicted molar refractivity (Wildman–Crippen MR) is 132 cm³/mol. The van der Waals surface area contributed by atoms with Gasteiger partial charge in [-0.1, -0.05) is 48.6 Å². The molecule has 35 heavy (non-hydrogen) atoms. The fraction of sp³-hybridized carbons (Fsp3) is 0.286. The Labute approximate surface area is 205 Å². The normalized spacial score (nSPS) is 19.6. The van der Waals surface area contributed by atoms with Crippen LogP contribution in [0.4, 0.5) is 0 Å². The van der Waals surface area contributed by atoms with Crippen LogP contribution in [0.2, 0.25) is 0 Å². The van der Waals surface area contributed by atoms with Gasteiger partial charge in [-0.2, -0.15) is 0 Å².